The lowest BCUT2D eigenvalue weighted by Gasteiger charge is -2.08. The van der Waals surface area contributed by atoms with Gasteiger partial charge in [-0.25, -0.2) is 4.79 Å². The van der Waals surface area contributed by atoms with E-state index in [1.165, 1.54) is 5.56 Å². The van der Waals surface area contributed by atoms with Crippen molar-refractivity contribution in [3.05, 3.63) is 69.8 Å². The van der Waals surface area contributed by atoms with Crippen LogP contribution in [0.3, 0.4) is 0 Å². The molecule has 0 aliphatic heterocycles. The van der Waals surface area contributed by atoms with Gasteiger partial charge in [-0.05, 0) is 43.2 Å². The summed E-state index contributed by atoms with van der Waals surface area (Å²) in [6, 6.07) is 13.5. The van der Waals surface area contributed by atoms with Gasteiger partial charge in [0.15, 0.2) is 0 Å². The van der Waals surface area contributed by atoms with Crippen LogP contribution in [-0.4, -0.2) is 6.03 Å². The van der Waals surface area contributed by atoms with Crippen molar-refractivity contribution < 1.29 is 4.79 Å². The number of benzene rings is 2. The Labute approximate surface area is 133 Å². The van der Waals surface area contributed by atoms with Crippen molar-refractivity contribution in [3.8, 4) is 0 Å². The van der Waals surface area contributed by atoms with Gasteiger partial charge < -0.3 is 10.6 Å². The summed E-state index contributed by atoms with van der Waals surface area (Å²) in [6.07, 6.45) is 3.46. The largest absolute Gasteiger partial charge is 0.323 e. The molecule has 0 saturated heterocycles. The van der Waals surface area contributed by atoms with Crippen molar-refractivity contribution >= 4 is 33.7 Å². The highest BCUT2D eigenvalue weighted by Crippen LogP contribution is 2.17. The van der Waals surface area contributed by atoms with Crippen LogP contribution in [0.4, 0.5) is 10.5 Å². The maximum atomic E-state index is 11.8. The van der Waals surface area contributed by atoms with Crippen LogP contribution >= 0.6 is 15.9 Å². The topological polar surface area (TPSA) is 41.1 Å². The molecule has 0 aliphatic carbocycles. The highest BCUT2D eigenvalue weighted by Gasteiger charge is 2.02. The maximum Gasteiger partial charge on any atom is 0.323 e. The Morgan fingerprint density at radius 2 is 1.90 bits per heavy atom. The molecule has 2 amide bonds. The predicted molar refractivity (Wildman–Crippen MR) is 91.2 cm³/mol. The van der Waals surface area contributed by atoms with E-state index in [1.54, 1.807) is 6.20 Å². The molecule has 0 saturated carbocycles. The Bertz CT molecular complexity index is 680. The van der Waals surface area contributed by atoms with Crippen molar-refractivity contribution in [2.75, 3.05) is 5.32 Å². The van der Waals surface area contributed by atoms with Crippen LogP contribution in [0.2, 0.25) is 0 Å². The van der Waals surface area contributed by atoms with Gasteiger partial charge in [-0.3, -0.25) is 0 Å². The number of hydrogen-bond donors (Lipinski definition) is 2. The predicted octanol–water partition coefficient (Wildman–Crippen LogP) is 4.86. The molecule has 4 heteroatoms. The summed E-state index contributed by atoms with van der Waals surface area (Å²) in [5.41, 5.74) is 4.03. The van der Waals surface area contributed by atoms with Crippen molar-refractivity contribution in [1.82, 2.24) is 5.32 Å². The van der Waals surface area contributed by atoms with Gasteiger partial charge in [-0.2, -0.15) is 0 Å². The van der Waals surface area contributed by atoms with E-state index in [-0.39, 0.29) is 6.03 Å². The van der Waals surface area contributed by atoms with E-state index >= 15 is 0 Å². The number of carbonyl (C=O) groups excluding carboxylic acids is 1. The molecule has 21 heavy (non-hydrogen) atoms. The number of carbonyl (C=O) groups is 1. The number of aryl methyl sites for hydroxylation is 2. The van der Waals surface area contributed by atoms with Crippen LogP contribution in [0.5, 0.6) is 0 Å². The molecule has 0 radical (unpaired) electrons. The zero-order chi connectivity index (χ0) is 15.2. The average molecular weight is 345 g/mol. The zero-order valence-corrected chi connectivity index (χ0v) is 13.6. The normalized spacial score (nSPS) is 10.6. The maximum absolute atomic E-state index is 11.8. The SMILES string of the molecule is Cc1ccc(NC(=O)N/C=C/c2ccccc2Br)c(C)c1. The van der Waals surface area contributed by atoms with Gasteiger partial charge in [0.1, 0.15) is 0 Å². The number of halogens is 1. The van der Waals surface area contributed by atoms with Gasteiger partial charge in [0, 0.05) is 16.4 Å². The molecule has 0 aliphatic rings. The van der Waals surface area contributed by atoms with Crippen LogP contribution in [-0.2, 0) is 0 Å². The number of anilines is 1. The highest BCUT2D eigenvalue weighted by molar-refractivity contribution is 9.10. The van der Waals surface area contributed by atoms with Crippen LogP contribution < -0.4 is 10.6 Å². The van der Waals surface area contributed by atoms with Crippen molar-refractivity contribution in [3.63, 3.8) is 0 Å². The van der Waals surface area contributed by atoms with Crippen LogP contribution in [0.15, 0.2) is 53.1 Å². The first-order valence-corrected chi connectivity index (χ1v) is 7.41. The fourth-order valence-corrected chi connectivity index (χ4v) is 2.35. The Morgan fingerprint density at radius 3 is 2.62 bits per heavy atom. The Kier molecular flexibility index (Phi) is 5.17. The fraction of sp³-hybridized carbons (Fsp3) is 0.118. The van der Waals surface area contributed by atoms with E-state index in [1.807, 2.05) is 62.4 Å². The summed E-state index contributed by atoms with van der Waals surface area (Å²) in [4.78, 5) is 11.8. The second-order valence-corrected chi connectivity index (χ2v) is 5.63. The molecule has 108 valence electrons. The van der Waals surface area contributed by atoms with E-state index in [9.17, 15) is 4.79 Å². The minimum Gasteiger partial charge on any atom is -0.314 e. The molecule has 0 spiro atoms. The Balaban J connectivity index is 1.95. The molecule has 2 N–H and O–H groups in total. The number of urea groups is 1. The molecular formula is C17H17BrN2O. The summed E-state index contributed by atoms with van der Waals surface area (Å²) >= 11 is 3.45. The van der Waals surface area contributed by atoms with E-state index in [4.69, 9.17) is 0 Å². The third-order valence-electron chi connectivity index (χ3n) is 3.01. The van der Waals surface area contributed by atoms with Gasteiger partial charge >= 0.3 is 6.03 Å². The molecule has 2 aromatic carbocycles. The summed E-state index contributed by atoms with van der Waals surface area (Å²) < 4.78 is 0.984. The molecule has 2 rings (SSSR count). The molecule has 2 aromatic rings. The second kappa shape index (κ2) is 7.09. The van der Waals surface area contributed by atoms with Crippen LogP contribution in [0, 0.1) is 13.8 Å². The van der Waals surface area contributed by atoms with Gasteiger partial charge in [0.25, 0.3) is 0 Å². The molecule has 0 atom stereocenters. The minimum absolute atomic E-state index is 0.259. The Hall–Kier alpha value is -2.07. The van der Waals surface area contributed by atoms with Gasteiger partial charge in [-0.1, -0.05) is 51.8 Å². The van der Waals surface area contributed by atoms with Gasteiger partial charge in [0.2, 0.25) is 0 Å². The Morgan fingerprint density at radius 1 is 1.14 bits per heavy atom. The van der Waals surface area contributed by atoms with E-state index in [0.717, 1.165) is 21.3 Å². The van der Waals surface area contributed by atoms with Crippen molar-refractivity contribution in [1.29, 1.82) is 0 Å². The van der Waals surface area contributed by atoms with Crippen molar-refractivity contribution in [2.45, 2.75) is 13.8 Å². The first kappa shape index (κ1) is 15.3. The average Bonchev–Trinajstić information content (AvgIpc) is 2.44. The zero-order valence-electron chi connectivity index (χ0n) is 12.0. The number of amides is 2. The third kappa shape index (κ3) is 4.46. The number of hydrogen-bond acceptors (Lipinski definition) is 1. The molecule has 0 unspecified atom stereocenters. The van der Waals surface area contributed by atoms with Crippen LogP contribution in [0.1, 0.15) is 16.7 Å². The first-order chi connectivity index (χ1) is 10.1. The standard InChI is InChI=1S/C17H17BrN2O/c1-12-7-8-16(13(2)11-12)20-17(21)19-10-9-14-5-3-4-6-15(14)18/h3-11H,1-2H3,(H2,19,20,21)/b10-9+. The summed E-state index contributed by atoms with van der Waals surface area (Å²) in [5, 5.41) is 5.52. The monoisotopic (exact) mass is 344 g/mol. The lowest BCUT2D eigenvalue weighted by Crippen LogP contribution is -2.24. The van der Waals surface area contributed by atoms with E-state index in [2.05, 4.69) is 26.6 Å². The van der Waals surface area contributed by atoms with Crippen molar-refractivity contribution in [2.24, 2.45) is 0 Å². The number of nitrogens with one attached hydrogen (secondary N) is 2. The fourth-order valence-electron chi connectivity index (χ4n) is 1.93. The molecule has 0 bridgehead atoms. The molecule has 0 heterocycles. The summed E-state index contributed by atoms with van der Waals surface area (Å²) in [7, 11) is 0. The molecule has 3 nitrogen and oxygen atoms in total. The lowest BCUT2D eigenvalue weighted by atomic mass is 10.1. The van der Waals surface area contributed by atoms with Crippen LogP contribution in [0.25, 0.3) is 6.08 Å². The van der Waals surface area contributed by atoms with E-state index in [0.29, 0.717) is 0 Å². The summed E-state index contributed by atoms with van der Waals surface area (Å²) in [6.45, 7) is 4.00. The third-order valence-corrected chi connectivity index (χ3v) is 3.73. The smallest absolute Gasteiger partial charge is 0.314 e. The minimum atomic E-state index is -0.259. The number of rotatable bonds is 3. The van der Waals surface area contributed by atoms with E-state index < -0.39 is 0 Å². The lowest BCUT2D eigenvalue weighted by molar-refractivity contribution is 0.255. The summed E-state index contributed by atoms with van der Waals surface area (Å²) in [5.74, 6) is 0. The highest BCUT2D eigenvalue weighted by atomic mass is 79.9. The first-order valence-electron chi connectivity index (χ1n) is 6.62. The van der Waals surface area contributed by atoms with Gasteiger partial charge in [0.05, 0.1) is 0 Å². The molecule has 0 aromatic heterocycles. The molecule has 0 fully saturated rings. The van der Waals surface area contributed by atoms with Gasteiger partial charge in [-0.15, -0.1) is 0 Å². The molecular weight excluding hydrogens is 328 g/mol. The second-order valence-electron chi connectivity index (χ2n) is 4.77. The quantitative estimate of drug-likeness (QED) is 0.820.